The smallest absolute Gasteiger partial charge is 0.261 e. The molecule has 0 bridgehead atoms. The summed E-state index contributed by atoms with van der Waals surface area (Å²) in [5.41, 5.74) is 6.05. The van der Waals surface area contributed by atoms with E-state index in [2.05, 4.69) is 10.0 Å². The van der Waals surface area contributed by atoms with E-state index in [9.17, 15) is 26.8 Å². The van der Waals surface area contributed by atoms with Crippen molar-refractivity contribution in [1.82, 2.24) is 0 Å². The van der Waals surface area contributed by atoms with E-state index < -0.39 is 38.4 Å². The Kier molecular flexibility index (Phi) is 7.11. The molecule has 0 saturated carbocycles. The SMILES string of the molecule is NC(=O)CSc1ccccc1C(=O)Nc1ccc(NS(=O)(=O)c2ccc(F)c(F)c2)cc1. The molecule has 7 nitrogen and oxygen atoms in total. The van der Waals surface area contributed by atoms with Gasteiger partial charge < -0.3 is 11.1 Å². The third-order valence-electron chi connectivity index (χ3n) is 4.10. The number of anilines is 2. The highest BCUT2D eigenvalue weighted by Crippen LogP contribution is 2.24. The average molecular weight is 478 g/mol. The van der Waals surface area contributed by atoms with Gasteiger partial charge in [0.15, 0.2) is 11.6 Å². The monoisotopic (exact) mass is 477 g/mol. The zero-order chi connectivity index (χ0) is 23.3. The normalized spacial score (nSPS) is 11.1. The summed E-state index contributed by atoms with van der Waals surface area (Å²) in [4.78, 5) is 23.8. The van der Waals surface area contributed by atoms with Crippen LogP contribution < -0.4 is 15.8 Å². The van der Waals surface area contributed by atoms with Gasteiger partial charge in [-0.25, -0.2) is 17.2 Å². The summed E-state index contributed by atoms with van der Waals surface area (Å²) in [6.45, 7) is 0. The highest BCUT2D eigenvalue weighted by atomic mass is 32.2. The Morgan fingerprint density at radius 1 is 0.906 bits per heavy atom. The molecule has 0 aliphatic rings. The summed E-state index contributed by atoms with van der Waals surface area (Å²) in [7, 11) is -4.13. The quantitative estimate of drug-likeness (QED) is 0.429. The lowest BCUT2D eigenvalue weighted by atomic mass is 10.2. The van der Waals surface area contributed by atoms with Crippen molar-refractivity contribution in [3.63, 3.8) is 0 Å². The number of benzene rings is 3. The maximum atomic E-state index is 13.3. The second-order valence-corrected chi connectivity index (χ2v) is 9.16. The minimum atomic E-state index is -4.13. The van der Waals surface area contributed by atoms with Gasteiger partial charge in [0.2, 0.25) is 5.91 Å². The average Bonchev–Trinajstić information content (AvgIpc) is 2.75. The Balaban J connectivity index is 1.70. The largest absolute Gasteiger partial charge is 0.369 e. The van der Waals surface area contributed by atoms with Crippen molar-refractivity contribution in [2.75, 3.05) is 15.8 Å². The van der Waals surface area contributed by atoms with E-state index in [0.29, 0.717) is 22.2 Å². The lowest BCUT2D eigenvalue weighted by Crippen LogP contribution is -2.16. The molecule has 32 heavy (non-hydrogen) atoms. The summed E-state index contributed by atoms with van der Waals surface area (Å²) in [6, 6.07) is 14.7. The molecule has 0 fully saturated rings. The Hall–Kier alpha value is -3.44. The van der Waals surface area contributed by atoms with Crippen molar-refractivity contribution in [3.8, 4) is 0 Å². The van der Waals surface area contributed by atoms with Gasteiger partial charge in [-0.1, -0.05) is 12.1 Å². The van der Waals surface area contributed by atoms with E-state index >= 15 is 0 Å². The van der Waals surface area contributed by atoms with Gasteiger partial charge in [0, 0.05) is 16.3 Å². The second kappa shape index (κ2) is 9.79. The fourth-order valence-corrected chi connectivity index (χ4v) is 4.47. The van der Waals surface area contributed by atoms with Crippen LogP contribution in [0.2, 0.25) is 0 Å². The molecule has 166 valence electrons. The van der Waals surface area contributed by atoms with E-state index in [4.69, 9.17) is 5.73 Å². The number of hydrogen-bond acceptors (Lipinski definition) is 5. The molecule has 0 saturated heterocycles. The Morgan fingerprint density at radius 3 is 2.22 bits per heavy atom. The van der Waals surface area contributed by atoms with Gasteiger partial charge in [-0.3, -0.25) is 14.3 Å². The van der Waals surface area contributed by atoms with Gasteiger partial charge in [0.1, 0.15) is 0 Å². The predicted molar refractivity (Wildman–Crippen MR) is 118 cm³/mol. The lowest BCUT2D eigenvalue weighted by molar-refractivity contribution is -0.115. The first-order valence-electron chi connectivity index (χ1n) is 9.05. The van der Waals surface area contributed by atoms with Crippen molar-refractivity contribution in [2.45, 2.75) is 9.79 Å². The number of thioether (sulfide) groups is 1. The second-order valence-electron chi connectivity index (χ2n) is 6.46. The molecule has 0 heterocycles. The van der Waals surface area contributed by atoms with Crippen LogP contribution in [0.3, 0.4) is 0 Å². The van der Waals surface area contributed by atoms with Crippen LogP contribution in [0, 0.1) is 11.6 Å². The minimum absolute atomic E-state index is 0.0249. The van der Waals surface area contributed by atoms with Crippen molar-refractivity contribution in [3.05, 3.63) is 83.9 Å². The van der Waals surface area contributed by atoms with E-state index in [1.807, 2.05) is 0 Å². The minimum Gasteiger partial charge on any atom is -0.369 e. The number of carbonyl (C=O) groups is 2. The fraction of sp³-hybridized carbons (Fsp3) is 0.0476. The molecule has 0 aliphatic carbocycles. The van der Waals surface area contributed by atoms with Crippen molar-refractivity contribution in [2.24, 2.45) is 5.73 Å². The molecule has 3 aromatic carbocycles. The van der Waals surface area contributed by atoms with Gasteiger partial charge in [0.05, 0.1) is 16.2 Å². The molecular weight excluding hydrogens is 460 g/mol. The Labute approximate surface area is 187 Å². The fourth-order valence-electron chi connectivity index (χ4n) is 2.61. The maximum Gasteiger partial charge on any atom is 0.261 e. The molecule has 11 heteroatoms. The molecule has 4 N–H and O–H groups in total. The van der Waals surface area contributed by atoms with Crippen LogP contribution in [-0.2, 0) is 14.8 Å². The Morgan fingerprint density at radius 2 is 1.56 bits per heavy atom. The number of primary amides is 1. The summed E-state index contributed by atoms with van der Waals surface area (Å²) in [5.74, 6) is -3.34. The van der Waals surface area contributed by atoms with Gasteiger partial charge in [-0.05, 0) is 54.6 Å². The van der Waals surface area contributed by atoms with E-state index in [1.54, 1.807) is 24.3 Å². The molecule has 0 spiro atoms. The third-order valence-corrected chi connectivity index (χ3v) is 6.57. The number of amides is 2. The standard InChI is InChI=1S/C21H17F2N3O4S2/c22-17-10-9-15(11-18(17)23)32(29,30)26-14-7-5-13(6-8-14)25-21(28)16-3-1-2-4-19(16)31-12-20(24)27/h1-11,26H,12H2,(H2,24,27)(H,25,28). The first-order valence-corrected chi connectivity index (χ1v) is 11.5. The number of carbonyl (C=O) groups excluding carboxylic acids is 2. The first-order chi connectivity index (χ1) is 15.2. The summed E-state index contributed by atoms with van der Waals surface area (Å²) in [5, 5.41) is 2.68. The number of nitrogens with one attached hydrogen (secondary N) is 2. The molecule has 3 rings (SSSR count). The molecule has 3 aromatic rings. The summed E-state index contributed by atoms with van der Waals surface area (Å²) >= 11 is 1.14. The number of halogens is 2. The van der Waals surface area contributed by atoms with Crippen molar-refractivity contribution in [1.29, 1.82) is 0 Å². The number of nitrogens with two attached hydrogens (primary N) is 1. The maximum absolute atomic E-state index is 13.3. The van der Waals surface area contributed by atoms with Crippen LogP contribution in [0.25, 0.3) is 0 Å². The molecule has 0 radical (unpaired) electrons. The topological polar surface area (TPSA) is 118 Å². The van der Waals surface area contributed by atoms with Crippen molar-refractivity contribution >= 4 is 45.0 Å². The molecule has 0 unspecified atom stereocenters. The van der Waals surface area contributed by atoms with Crippen LogP contribution in [0.1, 0.15) is 10.4 Å². The highest BCUT2D eigenvalue weighted by Gasteiger charge is 2.17. The molecule has 0 aliphatic heterocycles. The van der Waals surface area contributed by atoms with Crippen LogP contribution in [0.5, 0.6) is 0 Å². The van der Waals surface area contributed by atoms with Crippen LogP contribution >= 0.6 is 11.8 Å². The first kappa shape index (κ1) is 23.2. The number of rotatable bonds is 8. The van der Waals surface area contributed by atoms with Crippen LogP contribution in [0.15, 0.2) is 76.5 Å². The predicted octanol–water partition coefficient (Wildman–Crippen LogP) is 3.60. The zero-order valence-corrected chi connectivity index (χ0v) is 18.0. The summed E-state index contributed by atoms with van der Waals surface area (Å²) < 4.78 is 53.4. The van der Waals surface area contributed by atoms with Crippen LogP contribution in [0.4, 0.5) is 20.2 Å². The summed E-state index contributed by atoms with van der Waals surface area (Å²) in [6.07, 6.45) is 0. The van der Waals surface area contributed by atoms with E-state index in [1.165, 1.54) is 24.3 Å². The van der Waals surface area contributed by atoms with Gasteiger partial charge in [-0.2, -0.15) is 0 Å². The van der Waals surface area contributed by atoms with E-state index in [-0.39, 0.29) is 11.4 Å². The van der Waals surface area contributed by atoms with E-state index in [0.717, 1.165) is 23.9 Å². The number of hydrogen-bond donors (Lipinski definition) is 3. The van der Waals surface area contributed by atoms with Crippen LogP contribution in [-0.4, -0.2) is 26.0 Å². The molecule has 0 aromatic heterocycles. The molecule has 0 atom stereocenters. The van der Waals surface area contributed by atoms with Gasteiger partial charge >= 0.3 is 0 Å². The Bertz CT molecular complexity index is 1270. The zero-order valence-electron chi connectivity index (χ0n) is 16.3. The van der Waals surface area contributed by atoms with Gasteiger partial charge in [0.25, 0.3) is 15.9 Å². The number of sulfonamides is 1. The molecular formula is C21H17F2N3O4S2. The highest BCUT2D eigenvalue weighted by molar-refractivity contribution is 8.00. The van der Waals surface area contributed by atoms with Crippen molar-refractivity contribution < 1.29 is 26.8 Å². The van der Waals surface area contributed by atoms with Gasteiger partial charge in [-0.15, -0.1) is 11.8 Å². The third kappa shape index (κ3) is 5.83. The lowest BCUT2D eigenvalue weighted by Gasteiger charge is -2.11. The molecule has 2 amide bonds.